The molecular formula is C26H27F10NO4. The van der Waals surface area contributed by atoms with Gasteiger partial charge in [0.15, 0.2) is 6.10 Å². The Labute approximate surface area is 228 Å². The van der Waals surface area contributed by atoms with Gasteiger partial charge in [-0.25, -0.2) is 8.78 Å². The second-order valence-corrected chi connectivity index (χ2v) is 9.53. The lowest BCUT2D eigenvalue weighted by atomic mass is 9.79. The predicted molar refractivity (Wildman–Crippen MR) is 124 cm³/mol. The monoisotopic (exact) mass is 607 g/mol. The van der Waals surface area contributed by atoms with E-state index >= 15 is 0 Å². The first-order chi connectivity index (χ1) is 19.0. The molecule has 230 valence electrons. The van der Waals surface area contributed by atoms with Crippen molar-refractivity contribution in [1.82, 2.24) is 5.32 Å². The Morgan fingerprint density at radius 1 is 0.902 bits per heavy atom. The molecule has 1 fully saturated rings. The highest BCUT2D eigenvalue weighted by atomic mass is 19.4. The van der Waals surface area contributed by atoms with E-state index in [9.17, 15) is 49.0 Å². The van der Waals surface area contributed by atoms with Gasteiger partial charge in [0.2, 0.25) is 0 Å². The fraction of sp³-hybridized carbons (Fsp3) is 0.538. The maximum absolute atomic E-state index is 13.5. The molecule has 41 heavy (non-hydrogen) atoms. The number of ether oxygens (including phenoxy) is 3. The SMILES string of the molecule is OC(CNC(c1cccc(OCc2cccc(OC(F)(F)F)c2)c1)C1CCCC(OC(F)(F)C(F)F)C1)C(F)(F)F. The van der Waals surface area contributed by atoms with Gasteiger partial charge in [-0.05, 0) is 60.6 Å². The molecule has 1 saturated carbocycles. The van der Waals surface area contributed by atoms with Gasteiger partial charge in [-0.1, -0.05) is 30.7 Å². The molecule has 15 heteroatoms. The van der Waals surface area contributed by atoms with Gasteiger partial charge < -0.3 is 24.6 Å². The summed E-state index contributed by atoms with van der Waals surface area (Å²) in [5.41, 5.74) is 0.657. The van der Waals surface area contributed by atoms with Crippen LogP contribution in [0.15, 0.2) is 48.5 Å². The molecule has 0 bridgehead atoms. The Kier molecular flexibility index (Phi) is 10.7. The standard InChI is InChI=1S/C26H27F10NO4/c27-23(28)25(32,33)40-20-9-3-6-17(12-20)22(37-13-21(38)24(29,30)31)16-5-2-7-18(11-16)39-14-15-4-1-8-19(10-15)41-26(34,35)36/h1-2,4-5,7-8,10-11,17,20-23,37-38H,3,6,9,12-14H2. The number of nitrogens with one attached hydrogen (secondary N) is 1. The van der Waals surface area contributed by atoms with E-state index in [0.29, 0.717) is 17.5 Å². The minimum atomic E-state index is -4.94. The van der Waals surface area contributed by atoms with Gasteiger partial charge in [0.05, 0.1) is 6.10 Å². The lowest BCUT2D eigenvalue weighted by Crippen LogP contribution is -2.43. The van der Waals surface area contributed by atoms with Crippen molar-refractivity contribution in [2.75, 3.05) is 6.54 Å². The van der Waals surface area contributed by atoms with Crippen molar-refractivity contribution in [3.8, 4) is 11.5 Å². The summed E-state index contributed by atoms with van der Waals surface area (Å²) in [7, 11) is 0. The third-order valence-electron chi connectivity index (χ3n) is 6.38. The van der Waals surface area contributed by atoms with Crippen LogP contribution in [0, 0.1) is 5.92 Å². The third kappa shape index (κ3) is 10.2. The zero-order valence-corrected chi connectivity index (χ0v) is 21.2. The van der Waals surface area contributed by atoms with Crippen LogP contribution in [0.4, 0.5) is 43.9 Å². The smallest absolute Gasteiger partial charge is 0.489 e. The Bertz CT molecular complexity index is 1110. The molecule has 0 spiro atoms. The van der Waals surface area contributed by atoms with Crippen LogP contribution in [-0.2, 0) is 11.3 Å². The summed E-state index contributed by atoms with van der Waals surface area (Å²) in [6, 6.07) is 9.98. The first-order valence-electron chi connectivity index (χ1n) is 12.4. The Morgan fingerprint density at radius 3 is 2.24 bits per heavy atom. The number of aliphatic hydroxyl groups is 1. The summed E-state index contributed by atoms with van der Waals surface area (Å²) in [4.78, 5) is 0. The zero-order valence-electron chi connectivity index (χ0n) is 21.2. The molecule has 0 aromatic heterocycles. The summed E-state index contributed by atoms with van der Waals surface area (Å²) in [5, 5.41) is 12.1. The summed E-state index contributed by atoms with van der Waals surface area (Å²) in [5.74, 6) is -0.930. The molecule has 1 aliphatic rings. The zero-order chi connectivity index (χ0) is 30.4. The van der Waals surface area contributed by atoms with E-state index in [1.807, 2.05) is 0 Å². The molecule has 2 aromatic carbocycles. The highest BCUT2D eigenvalue weighted by Gasteiger charge is 2.46. The number of hydrogen-bond acceptors (Lipinski definition) is 5. The van der Waals surface area contributed by atoms with Crippen LogP contribution in [0.3, 0.4) is 0 Å². The average molecular weight is 607 g/mol. The molecule has 4 unspecified atom stereocenters. The maximum Gasteiger partial charge on any atom is 0.573 e. The van der Waals surface area contributed by atoms with Crippen molar-refractivity contribution in [1.29, 1.82) is 0 Å². The van der Waals surface area contributed by atoms with E-state index < -0.39 is 61.5 Å². The van der Waals surface area contributed by atoms with E-state index in [4.69, 9.17) is 4.74 Å². The second kappa shape index (κ2) is 13.5. The van der Waals surface area contributed by atoms with Crippen molar-refractivity contribution < 1.29 is 63.2 Å². The molecule has 2 N–H and O–H groups in total. The Balaban J connectivity index is 1.78. The van der Waals surface area contributed by atoms with Gasteiger partial charge in [0, 0.05) is 12.6 Å². The van der Waals surface area contributed by atoms with Crippen LogP contribution in [0.2, 0.25) is 0 Å². The van der Waals surface area contributed by atoms with Gasteiger partial charge in [-0.2, -0.15) is 22.0 Å². The van der Waals surface area contributed by atoms with E-state index in [2.05, 4.69) is 14.8 Å². The average Bonchev–Trinajstić information content (AvgIpc) is 2.86. The fourth-order valence-corrected chi connectivity index (χ4v) is 4.57. The number of benzene rings is 2. The predicted octanol–water partition coefficient (Wildman–Crippen LogP) is 7.15. The normalized spacial score (nSPS) is 20.1. The third-order valence-corrected chi connectivity index (χ3v) is 6.38. The molecule has 0 heterocycles. The summed E-state index contributed by atoms with van der Waals surface area (Å²) in [6.07, 6.45) is -22.2. The van der Waals surface area contributed by atoms with Crippen LogP contribution >= 0.6 is 0 Å². The molecule has 4 atom stereocenters. The van der Waals surface area contributed by atoms with Crippen LogP contribution in [0.5, 0.6) is 11.5 Å². The molecule has 0 radical (unpaired) electrons. The van der Waals surface area contributed by atoms with Crippen LogP contribution in [0.25, 0.3) is 0 Å². The molecule has 0 amide bonds. The number of alkyl halides is 10. The number of hydrogen-bond donors (Lipinski definition) is 2. The molecule has 2 aromatic rings. The topological polar surface area (TPSA) is 60.0 Å². The fourth-order valence-electron chi connectivity index (χ4n) is 4.57. The van der Waals surface area contributed by atoms with E-state index in [-0.39, 0.29) is 31.6 Å². The quantitative estimate of drug-likeness (QED) is 0.251. The highest BCUT2D eigenvalue weighted by molar-refractivity contribution is 5.33. The maximum atomic E-state index is 13.5. The van der Waals surface area contributed by atoms with Gasteiger partial charge in [-0.3, -0.25) is 0 Å². The van der Waals surface area contributed by atoms with Crippen molar-refractivity contribution in [2.24, 2.45) is 5.92 Å². The lowest BCUT2D eigenvalue weighted by Gasteiger charge is -2.37. The first-order valence-corrected chi connectivity index (χ1v) is 12.4. The van der Waals surface area contributed by atoms with Gasteiger partial charge in [-0.15, -0.1) is 13.2 Å². The van der Waals surface area contributed by atoms with Crippen molar-refractivity contribution in [3.05, 3.63) is 59.7 Å². The van der Waals surface area contributed by atoms with Gasteiger partial charge in [0.1, 0.15) is 18.1 Å². The number of halogens is 10. The first kappa shape index (κ1) is 32.7. The molecular weight excluding hydrogens is 580 g/mol. The van der Waals surface area contributed by atoms with Crippen LogP contribution in [0.1, 0.15) is 42.9 Å². The Hall–Kier alpha value is -2.78. The largest absolute Gasteiger partial charge is 0.573 e. The molecule has 0 saturated heterocycles. The molecule has 3 rings (SSSR count). The summed E-state index contributed by atoms with van der Waals surface area (Å²) < 4.78 is 143. The van der Waals surface area contributed by atoms with Crippen molar-refractivity contribution in [3.63, 3.8) is 0 Å². The minimum Gasteiger partial charge on any atom is -0.489 e. The minimum absolute atomic E-state index is 0.0387. The Morgan fingerprint density at radius 2 is 1.59 bits per heavy atom. The molecule has 1 aliphatic carbocycles. The van der Waals surface area contributed by atoms with E-state index in [1.54, 1.807) is 0 Å². The summed E-state index contributed by atoms with van der Waals surface area (Å²) in [6.45, 7) is -1.15. The number of rotatable bonds is 12. The second-order valence-electron chi connectivity index (χ2n) is 9.53. The van der Waals surface area contributed by atoms with Crippen LogP contribution < -0.4 is 14.8 Å². The number of aliphatic hydroxyl groups excluding tert-OH is 1. The lowest BCUT2D eigenvalue weighted by molar-refractivity contribution is -0.322. The van der Waals surface area contributed by atoms with Crippen molar-refractivity contribution in [2.45, 2.75) is 75.6 Å². The van der Waals surface area contributed by atoms with E-state index in [1.165, 1.54) is 36.4 Å². The molecule has 0 aliphatic heterocycles. The summed E-state index contributed by atoms with van der Waals surface area (Å²) >= 11 is 0. The van der Waals surface area contributed by atoms with E-state index in [0.717, 1.165) is 12.1 Å². The van der Waals surface area contributed by atoms with Crippen molar-refractivity contribution >= 4 is 0 Å². The van der Waals surface area contributed by atoms with Gasteiger partial charge >= 0.3 is 25.1 Å². The van der Waals surface area contributed by atoms with Crippen LogP contribution in [-0.4, -0.2) is 48.9 Å². The van der Waals surface area contributed by atoms with Gasteiger partial charge in [0.25, 0.3) is 0 Å². The molecule has 5 nitrogen and oxygen atoms in total. The highest BCUT2D eigenvalue weighted by Crippen LogP contribution is 2.39.